The Morgan fingerprint density at radius 3 is 2.60 bits per heavy atom. The maximum absolute atomic E-state index is 12.7. The fourth-order valence-electron chi connectivity index (χ4n) is 3.36. The molecule has 0 bridgehead atoms. The number of nitrogens with zero attached hydrogens (tertiary/aromatic N) is 2. The number of quaternary nitrogens is 1. The van der Waals surface area contributed by atoms with Crippen LogP contribution in [0.1, 0.15) is 23.2 Å². The van der Waals surface area contributed by atoms with Crippen molar-refractivity contribution in [3.63, 3.8) is 0 Å². The second-order valence-corrected chi connectivity index (χ2v) is 7.56. The number of para-hydroxylation sites is 1. The largest absolute Gasteiger partial charge is 0.630 e. The molecule has 10 heteroatoms. The highest BCUT2D eigenvalue weighted by Gasteiger charge is 2.28. The van der Waals surface area contributed by atoms with E-state index in [1.54, 1.807) is 29.9 Å². The molecular formula is C20H25N5O4S. The molecule has 1 saturated heterocycles. The van der Waals surface area contributed by atoms with Gasteiger partial charge in [0, 0.05) is 42.9 Å². The molecule has 1 amide bonds. The third-order valence-electron chi connectivity index (χ3n) is 5.04. The number of esters is 1. The predicted molar refractivity (Wildman–Crippen MR) is 117 cm³/mol. The van der Waals surface area contributed by atoms with E-state index in [2.05, 4.69) is 20.5 Å². The summed E-state index contributed by atoms with van der Waals surface area (Å²) in [4.78, 5) is 30.9. The van der Waals surface area contributed by atoms with Crippen LogP contribution in [0.15, 0.2) is 40.0 Å². The van der Waals surface area contributed by atoms with Crippen LogP contribution >= 0.6 is 11.3 Å². The summed E-state index contributed by atoms with van der Waals surface area (Å²) >= 11 is 1.34. The number of piperidine rings is 1. The number of nitrogens with two attached hydrogens (primary N) is 1. The molecule has 0 spiro atoms. The van der Waals surface area contributed by atoms with E-state index in [1.165, 1.54) is 18.4 Å². The molecule has 1 aromatic heterocycles. The number of anilines is 2. The first kappa shape index (κ1) is 21.8. The van der Waals surface area contributed by atoms with Crippen LogP contribution in [-0.2, 0) is 9.53 Å². The number of rotatable bonds is 5. The van der Waals surface area contributed by atoms with Crippen molar-refractivity contribution in [3.05, 3.63) is 45.8 Å². The summed E-state index contributed by atoms with van der Waals surface area (Å²) in [6, 6.07) is 7.23. The Kier molecular flexibility index (Phi) is 7.39. The molecule has 4 N–H and O–H groups in total. The summed E-state index contributed by atoms with van der Waals surface area (Å²) in [6.45, 7) is 1.29. The fourth-order valence-corrected chi connectivity index (χ4v) is 4.11. The molecular weight excluding hydrogens is 406 g/mol. The molecule has 3 rings (SSSR count). The molecule has 0 aliphatic carbocycles. The molecule has 1 aliphatic rings. The van der Waals surface area contributed by atoms with Gasteiger partial charge in [0.2, 0.25) is 5.91 Å². The Balaban J connectivity index is 1.58. The van der Waals surface area contributed by atoms with Gasteiger partial charge < -0.3 is 31.0 Å². The van der Waals surface area contributed by atoms with E-state index < -0.39 is 5.97 Å². The molecule has 2 aromatic rings. The second-order valence-electron chi connectivity index (χ2n) is 6.82. The monoisotopic (exact) mass is 431 g/mol. The first-order valence-corrected chi connectivity index (χ1v) is 10.5. The highest BCUT2D eigenvalue weighted by Crippen LogP contribution is 2.25. The van der Waals surface area contributed by atoms with Crippen LogP contribution in [0.5, 0.6) is 0 Å². The van der Waals surface area contributed by atoms with Crippen molar-refractivity contribution >= 4 is 46.2 Å². The number of hydrogen-bond acceptors (Lipinski definition) is 6. The van der Waals surface area contributed by atoms with Gasteiger partial charge in [0.05, 0.1) is 18.4 Å². The first-order chi connectivity index (χ1) is 14.6. The Hall–Kier alpha value is -2.95. The SMILES string of the molecule is CN=C(Nc1ccccc1[NH2+][O-])N1CCC(C(=O)Nc2cscc2C(=O)OC)CC1. The molecule has 0 unspecified atom stereocenters. The van der Waals surface area contributed by atoms with Gasteiger partial charge in [0.25, 0.3) is 0 Å². The first-order valence-electron chi connectivity index (χ1n) is 9.55. The van der Waals surface area contributed by atoms with Gasteiger partial charge in [0.15, 0.2) is 11.6 Å². The second kappa shape index (κ2) is 10.2. The number of benzene rings is 1. The van der Waals surface area contributed by atoms with Crippen molar-refractivity contribution in [2.45, 2.75) is 12.8 Å². The number of nitrogens with one attached hydrogen (secondary N) is 2. The number of likely N-dealkylation sites (tertiary alicyclic amines) is 1. The van der Waals surface area contributed by atoms with Crippen LogP contribution in [0, 0.1) is 11.1 Å². The number of guanidine groups is 1. The summed E-state index contributed by atoms with van der Waals surface area (Å²) in [5, 5.41) is 20.7. The van der Waals surface area contributed by atoms with Crippen molar-refractivity contribution in [1.82, 2.24) is 4.90 Å². The molecule has 0 atom stereocenters. The molecule has 1 aromatic carbocycles. The van der Waals surface area contributed by atoms with Crippen LogP contribution in [0.25, 0.3) is 0 Å². The number of hydrogen-bond donors (Lipinski definition) is 3. The minimum atomic E-state index is -0.466. The van der Waals surface area contributed by atoms with E-state index >= 15 is 0 Å². The summed E-state index contributed by atoms with van der Waals surface area (Å²) in [7, 11) is 3.01. The molecule has 0 saturated carbocycles. The number of aliphatic imine (C=N–C) groups is 1. The van der Waals surface area contributed by atoms with Gasteiger partial charge in [-0.25, -0.2) is 4.79 Å². The zero-order valence-electron chi connectivity index (χ0n) is 16.9. The van der Waals surface area contributed by atoms with E-state index in [0.29, 0.717) is 54.5 Å². The lowest BCUT2D eigenvalue weighted by atomic mass is 9.96. The maximum atomic E-state index is 12.7. The Bertz CT molecular complexity index is 921. The van der Waals surface area contributed by atoms with Gasteiger partial charge >= 0.3 is 5.97 Å². The van der Waals surface area contributed by atoms with E-state index in [1.807, 2.05) is 12.1 Å². The Morgan fingerprint density at radius 2 is 1.93 bits per heavy atom. The molecule has 1 aliphatic heterocycles. The van der Waals surface area contributed by atoms with Crippen molar-refractivity contribution in [2.75, 3.05) is 37.9 Å². The maximum Gasteiger partial charge on any atom is 0.340 e. The van der Waals surface area contributed by atoms with Gasteiger partial charge in [-0.15, -0.1) is 11.3 Å². The third kappa shape index (κ3) is 4.96. The highest BCUT2D eigenvalue weighted by molar-refractivity contribution is 7.08. The Morgan fingerprint density at radius 1 is 1.20 bits per heavy atom. The van der Waals surface area contributed by atoms with Crippen molar-refractivity contribution in [3.8, 4) is 0 Å². The lowest BCUT2D eigenvalue weighted by Crippen LogP contribution is -2.70. The van der Waals surface area contributed by atoms with Gasteiger partial charge in [-0.1, -0.05) is 12.1 Å². The number of ether oxygens (including phenoxy) is 1. The van der Waals surface area contributed by atoms with E-state index in [0.717, 1.165) is 5.48 Å². The summed E-state index contributed by atoms with van der Waals surface area (Å²) in [5.74, 6) is -0.0692. The zero-order valence-corrected chi connectivity index (χ0v) is 17.7. The molecule has 1 fully saturated rings. The van der Waals surface area contributed by atoms with E-state index in [4.69, 9.17) is 4.74 Å². The summed E-state index contributed by atoms with van der Waals surface area (Å²) in [5.41, 5.74) is 2.92. The van der Waals surface area contributed by atoms with Crippen molar-refractivity contribution in [2.24, 2.45) is 10.9 Å². The van der Waals surface area contributed by atoms with E-state index in [9.17, 15) is 14.8 Å². The van der Waals surface area contributed by atoms with Crippen LogP contribution in [-0.4, -0.2) is 50.0 Å². The fraction of sp³-hybridized carbons (Fsp3) is 0.350. The van der Waals surface area contributed by atoms with Gasteiger partial charge in [0.1, 0.15) is 5.69 Å². The zero-order chi connectivity index (χ0) is 21.5. The molecule has 0 radical (unpaired) electrons. The minimum Gasteiger partial charge on any atom is -0.630 e. The van der Waals surface area contributed by atoms with Gasteiger partial charge in [-0.05, 0) is 18.9 Å². The third-order valence-corrected chi connectivity index (χ3v) is 5.78. The smallest absolute Gasteiger partial charge is 0.340 e. The average molecular weight is 432 g/mol. The molecule has 30 heavy (non-hydrogen) atoms. The van der Waals surface area contributed by atoms with E-state index in [-0.39, 0.29) is 11.8 Å². The lowest BCUT2D eigenvalue weighted by Gasteiger charge is -2.33. The summed E-state index contributed by atoms with van der Waals surface area (Å²) < 4.78 is 4.75. The number of thiophene rings is 1. The van der Waals surface area contributed by atoms with Crippen LogP contribution in [0.4, 0.5) is 17.1 Å². The minimum absolute atomic E-state index is 0.104. The van der Waals surface area contributed by atoms with Gasteiger partial charge in [-0.2, -0.15) is 0 Å². The number of carbonyl (C=O) groups is 2. The molecule has 160 valence electrons. The average Bonchev–Trinajstić information content (AvgIpc) is 3.25. The van der Waals surface area contributed by atoms with Gasteiger partial charge in [-0.3, -0.25) is 9.79 Å². The number of methoxy groups -OCH3 is 1. The Labute approximate surface area is 178 Å². The lowest BCUT2D eigenvalue weighted by molar-refractivity contribution is -0.496. The number of amides is 1. The van der Waals surface area contributed by atoms with Crippen LogP contribution < -0.4 is 16.1 Å². The predicted octanol–water partition coefficient (Wildman–Crippen LogP) is 1.98. The van der Waals surface area contributed by atoms with Crippen LogP contribution in [0.2, 0.25) is 0 Å². The topological polar surface area (TPSA) is 123 Å². The quantitative estimate of drug-likeness (QED) is 0.219. The van der Waals surface area contributed by atoms with Crippen molar-refractivity contribution in [1.29, 1.82) is 0 Å². The normalized spacial score (nSPS) is 15.0. The molecule has 2 heterocycles. The van der Waals surface area contributed by atoms with Crippen LogP contribution in [0.3, 0.4) is 0 Å². The highest BCUT2D eigenvalue weighted by atomic mass is 32.1. The summed E-state index contributed by atoms with van der Waals surface area (Å²) in [6.07, 6.45) is 1.30. The van der Waals surface area contributed by atoms with Crippen molar-refractivity contribution < 1.29 is 19.8 Å². The molecule has 9 nitrogen and oxygen atoms in total. The standard InChI is InChI=1S/C20H25N5O4S/c1-21-20(23-15-5-3-4-6-16(15)24-28)25-9-7-13(8-10-25)18(26)22-17-12-30-11-14(17)19(27)29-2/h3-6,11-13H,7-10,24H2,1-2H3,(H,21,23)(H,22,26). The number of carbonyl (C=O) groups excluding carboxylic acids is 2.